The Labute approximate surface area is 191 Å². The highest BCUT2D eigenvalue weighted by Crippen LogP contribution is 2.31. The van der Waals surface area contributed by atoms with E-state index in [0.717, 1.165) is 11.3 Å². The Morgan fingerprint density at radius 3 is 2.67 bits per heavy atom. The fraction of sp³-hybridized carbons (Fsp3) is 0.300. The van der Waals surface area contributed by atoms with Gasteiger partial charge in [0.1, 0.15) is 5.69 Å². The summed E-state index contributed by atoms with van der Waals surface area (Å²) in [4.78, 5) is 26.8. The van der Waals surface area contributed by atoms with Gasteiger partial charge in [0.2, 0.25) is 5.91 Å². The number of nitro benzene ring substituents is 1. The predicted molar refractivity (Wildman–Crippen MR) is 129 cm³/mol. The first kappa shape index (κ1) is 23.4. The van der Waals surface area contributed by atoms with E-state index in [1.54, 1.807) is 25.2 Å². The zero-order valence-electron chi connectivity index (χ0n) is 16.6. The average molecular weight is 524 g/mol. The third kappa shape index (κ3) is 6.05. The molecule has 0 saturated heterocycles. The highest BCUT2D eigenvalue weighted by Gasteiger charge is 2.24. The molecule has 1 heterocycles. The van der Waals surface area contributed by atoms with E-state index in [2.05, 4.69) is 26.3 Å². The molecule has 3 rings (SSSR count). The molecule has 1 amide bonds. The van der Waals surface area contributed by atoms with Gasteiger partial charge in [0.05, 0.1) is 4.92 Å². The number of nitrogens with zero attached hydrogens (tertiary/aromatic N) is 2. The number of benzene rings is 2. The van der Waals surface area contributed by atoms with E-state index >= 15 is 0 Å². The molecule has 10 heteroatoms. The molecule has 2 aromatic carbocycles. The lowest BCUT2D eigenvalue weighted by Gasteiger charge is -2.26. The topological polar surface area (TPSA) is 121 Å². The Morgan fingerprint density at radius 2 is 1.90 bits per heavy atom. The van der Waals surface area contributed by atoms with Crippen molar-refractivity contribution >= 4 is 52.9 Å². The Morgan fingerprint density at radius 1 is 1.17 bits per heavy atom. The van der Waals surface area contributed by atoms with Gasteiger partial charge >= 0.3 is 0 Å². The first-order chi connectivity index (χ1) is 14.1. The number of halogens is 1. The van der Waals surface area contributed by atoms with Gasteiger partial charge in [-0.15, -0.1) is 24.0 Å². The summed E-state index contributed by atoms with van der Waals surface area (Å²) in [5.41, 5.74) is 2.48. The molecular weight excluding hydrogens is 499 g/mol. The lowest BCUT2D eigenvalue weighted by Crippen LogP contribution is -2.42. The largest absolute Gasteiger partial charge is 0.378 e. The third-order valence-electron chi connectivity index (χ3n) is 4.68. The van der Waals surface area contributed by atoms with Crippen LogP contribution in [0.1, 0.15) is 17.9 Å². The number of para-hydroxylation sites is 3. The number of guanidine groups is 1. The van der Waals surface area contributed by atoms with E-state index in [1.807, 2.05) is 24.3 Å². The lowest BCUT2D eigenvalue weighted by molar-refractivity contribution is -0.384. The van der Waals surface area contributed by atoms with E-state index in [9.17, 15) is 14.9 Å². The van der Waals surface area contributed by atoms with Crippen LogP contribution in [0.3, 0.4) is 0 Å². The van der Waals surface area contributed by atoms with E-state index in [0.29, 0.717) is 37.7 Å². The van der Waals surface area contributed by atoms with Crippen LogP contribution in [-0.2, 0) is 4.79 Å². The fourth-order valence-corrected chi connectivity index (χ4v) is 3.28. The number of amides is 1. The van der Waals surface area contributed by atoms with Gasteiger partial charge in [0, 0.05) is 50.8 Å². The summed E-state index contributed by atoms with van der Waals surface area (Å²) in [6, 6.07) is 14.3. The minimum Gasteiger partial charge on any atom is -0.378 e. The summed E-state index contributed by atoms with van der Waals surface area (Å²) in [6.45, 7) is 1.58. The number of aliphatic imine (C=N–C) groups is 1. The zero-order valence-corrected chi connectivity index (χ0v) is 18.9. The van der Waals surface area contributed by atoms with Gasteiger partial charge in [-0.25, -0.2) is 0 Å². The third-order valence-corrected chi connectivity index (χ3v) is 4.68. The van der Waals surface area contributed by atoms with Gasteiger partial charge in [0.25, 0.3) is 5.69 Å². The van der Waals surface area contributed by atoms with Gasteiger partial charge in [-0.05, 0) is 17.7 Å². The number of carbonyl (C=O) groups excluding carboxylic acids is 1. The van der Waals surface area contributed by atoms with Crippen LogP contribution in [-0.4, -0.2) is 43.5 Å². The number of anilines is 2. The summed E-state index contributed by atoms with van der Waals surface area (Å²) in [5.74, 6) is 0.675. The molecule has 160 valence electrons. The summed E-state index contributed by atoms with van der Waals surface area (Å²) >= 11 is 0. The Balaban J connectivity index is 0.00000320. The molecule has 0 saturated carbocycles. The van der Waals surface area contributed by atoms with Crippen molar-refractivity contribution in [2.45, 2.75) is 12.3 Å². The molecule has 1 aliphatic heterocycles. The fourth-order valence-electron chi connectivity index (χ4n) is 3.28. The van der Waals surface area contributed by atoms with Crippen LogP contribution >= 0.6 is 24.0 Å². The number of rotatable bonds is 7. The Hall–Kier alpha value is -2.89. The lowest BCUT2D eigenvalue weighted by atomic mass is 9.90. The predicted octanol–water partition coefficient (Wildman–Crippen LogP) is 2.92. The van der Waals surface area contributed by atoms with Gasteiger partial charge in [-0.1, -0.05) is 30.3 Å². The maximum atomic E-state index is 11.9. The molecule has 0 bridgehead atoms. The standard InChI is InChI=1S/C20H24N6O3.HI/c1-21-20(23-11-10-22-17-8-4-5-9-18(17)26(28)29)24-13-14-12-19(27)25-16-7-3-2-6-15(14)16;/h2-9,14,22H,10-13H2,1H3,(H,25,27)(H2,21,23,24);1H. The van der Waals surface area contributed by atoms with Gasteiger partial charge in [-0.3, -0.25) is 19.9 Å². The highest BCUT2D eigenvalue weighted by molar-refractivity contribution is 14.0. The molecule has 0 radical (unpaired) electrons. The molecule has 0 spiro atoms. The molecule has 9 nitrogen and oxygen atoms in total. The van der Waals surface area contributed by atoms with E-state index in [4.69, 9.17) is 0 Å². The number of nitro groups is 1. The number of hydrogen-bond acceptors (Lipinski definition) is 5. The van der Waals surface area contributed by atoms with E-state index in [-0.39, 0.29) is 41.5 Å². The normalized spacial score (nSPS) is 15.3. The van der Waals surface area contributed by atoms with Crippen molar-refractivity contribution in [3.8, 4) is 0 Å². The van der Waals surface area contributed by atoms with Crippen LogP contribution in [0.2, 0.25) is 0 Å². The average Bonchev–Trinajstić information content (AvgIpc) is 2.73. The minimum absolute atomic E-state index is 0. The molecule has 1 atom stereocenters. The number of nitrogens with one attached hydrogen (secondary N) is 4. The van der Waals surface area contributed by atoms with E-state index < -0.39 is 4.92 Å². The summed E-state index contributed by atoms with van der Waals surface area (Å²) in [6.07, 6.45) is 0.417. The van der Waals surface area contributed by atoms with Crippen LogP contribution in [0.15, 0.2) is 53.5 Å². The molecule has 1 aliphatic rings. The molecular formula is C20H25IN6O3. The van der Waals surface area contributed by atoms with Gasteiger partial charge in [-0.2, -0.15) is 0 Å². The Bertz CT molecular complexity index is 921. The van der Waals surface area contributed by atoms with Crippen LogP contribution in [0, 0.1) is 10.1 Å². The zero-order chi connectivity index (χ0) is 20.6. The summed E-state index contributed by atoms with van der Waals surface area (Å²) in [7, 11) is 1.67. The molecule has 30 heavy (non-hydrogen) atoms. The van der Waals surface area contributed by atoms with Crippen molar-refractivity contribution in [1.29, 1.82) is 0 Å². The van der Waals surface area contributed by atoms with Crippen molar-refractivity contribution in [2.75, 3.05) is 37.3 Å². The second-order valence-corrected chi connectivity index (χ2v) is 6.62. The number of carbonyl (C=O) groups is 1. The second kappa shape index (κ2) is 11.3. The number of hydrogen-bond donors (Lipinski definition) is 4. The van der Waals surface area contributed by atoms with Crippen LogP contribution < -0.4 is 21.3 Å². The number of fused-ring (bicyclic) bond motifs is 1. The monoisotopic (exact) mass is 524 g/mol. The first-order valence-corrected chi connectivity index (χ1v) is 9.39. The smallest absolute Gasteiger partial charge is 0.292 e. The van der Waals surface area contributed by atoms with Crippen molar-refractivity contribution in [3.63, 3.8) is 0 Å². The van der Waals surface area contributed by atoms with Crippen molar-refractivity contribution < 1.29 is 9.72 Å². The van der Waals surface area contributed by atoms with Crippen molar-refractivity contribution in [2.24, 2.45) is 4.99 Å². The highest BCUT2D eigenvalue weighted by atomic mass is 127. The quantitative estimate of drug-likeness (QED) is 0.110. The van der Waals surface area contributed by atoms with Crippen LogP contribution in [0.4, 0.5) is 17.1 Å². The second-order valence-electron chi connectivity index (χ2n) is 6.62. The molecule has 1 unspecified atom stereocenters. The van der Waals surface area contributed by atoms with E-state index in [1.165, 1.54) is 6.07 Å². The van der Waals surface area contributed by atoms with Crippen LogP contribution in [0.5, 0.6) is 0 Å². The SMILES string of the molecule is CN=C(NCCNc1ccccc1[N+](=O)[O-])NCC1CC(=O)Nc2ccccc21.I. The minimum atomic E-state index is -0.408. The summed E-state index contributed by atoms with van der Waals surface area (Å²) in [5, 5.41) is 23.4. The maximum absolute atomic E-state index is 11.9. The molecule has 0 aliphatic carbocycles. The van der Waals surface area contributed by atoms with Gasteiger partial charge in [0.15, 0.2) is 5.96 Å². The van der Waals surface area contributed by atoms with Crippen molar-refractivity contribution in [1.82, 2.24) is 10.6 Å². The Kier molecular flexibility index (Phi) is 8.84. The first-order valence-electron chi connectivity index (χ1n) is 9.39. The molecule has 0 aromatic heterocycles. The van der Waals surface area contributed by atoms with Crippen LogP contribution in [0.25, 0.3) is 0 Å². The van der Waals surface area contributed by atoms with Crippen molar-refractivity contribution in [3.05, 3.63) is 64.2 Å². The molecule has 2 aromatic rings. The molecule has 4 N–H and O–H groups in total. The molecule has 0 fully saturated rings. The maximum Gasteiger partial charge on any atom is 0.292 e. The summed E-state index contributed by atoms with van der Waals surface area (Å²) < 4.78 is 0. The van der Waals surface area contributed by atoms with Gasteiger partial charge < -0.3 is 21.3 Å².